The fourth-order valence-corrected chi connectivity index (χ4v) is 2.29. The number of hydrogen-bond donors (Lipinski definition) is 3. The van der Waals surface area contributed by atoms with Crippen LogP contribution in [-0.2, 0) is 4.79 Å². The van der Waals surface area contributed by atoms with Crippen LogP contribution in [0.5, 0.6) is 5.75 Å². The summed E-state index contributed by atoms with van der Waals surface area (Å²) in [5.74, 6) is 0.327. The molecule has 0 aliphatic heterocycles. The molecule has 2 rings (SSSR count). The van der Waals surface area contributed by atoms with Crippen LogP contribution in [0.15, 0.2) is 60.7 Å². The predicted octanol–water partition coefficient (Wildman–Crippen LogP) is 3.44. The zero-order valence-electron chi connectivity index (χ0n) is 15.7. The second kappa shape index (κ2) is 10.0. The molecule has 0 heterocycles. The fraction of sp³-hybridized carbons (Fsp3) is 0.238. The summed E-state index contributed by atoms with van der Waals surface area (Å²) in [6.45, 7) is 8.64. The number of carbonyl (C=O) groups excluding carboxylic acids is 2. The maximum atomic E-state index is 12.2. The lowest BCUT2D eigenvalue weighted by Gasteiger charge is -2.11. The summed E-state index contributed by atoms with van der Waals surface area (Å²) >= 11 is 0. The zero-order chi connectivity index (χ0) is 19.6. The molecule has 2 amide bonds. The van der Waals surface area contributed by atoms with Gasteiger partial charge in [0.05, 0.1) is 6.54 Å². The number of nitrogens with one attached hydrogen (secondary N) is 3. The number of amides is 2. The van der Waals surface area contributed by atoms with Crippen molar-refractivity contribution in [3.05, 3.63) is 66.2 Å². The van der Waals surface area contributed by atoms with E-state index < -0.39 is 0 Å². The molecule has 3 N–H and O–H groups in total. The SMILES string of the molecule is C=C(C)COc1cccc(NCC(=O)Nc2cccc(C(=O)NCC)c2)c1. The third-order valence-corrected chi connectivity index (χ3v) is 3.52. The number of carbonyl (C=O) groups is 2. The molecule has 0 spiro atoms. The van der Waals surface area contributed by atoms with Crippen molar-refractivity contribution in [1.29, 1.82) is 0 Å². The van der Waals surface area contributed by atoms with Gasteiger partial charge < -0.3 is 20.7 Å². The van der Waals surface area contributed by atoms with Crippen molar-refractivity contribution in [1.82, 2.24) is 5.32 Å². The average molecular weight is 367 g/mol. The molecule has 0 saturated carbocycles. The van der Waals surface area contributed by atoms with E-state index in [-0.39, 0.29) is 18.4 Å². The molecule has 2 aromatic rings. The Kier molecular flexibility index (Phi) is 7.43. The van der Waals surface area contributed by atoms with E-state index in [0.717, 1.165) is 11.3 Å². The van der Waals surface area contributed by atoms with Crippen LogP contribution < -0.4 is 20.7 Å². The standard InChI is InChI=1S/C21H25N3O3/c1-4-22-21(26)16-7-5-9-18(11-16)24-20(25)13-23-17-8-6-10-19(12-17)27-14-15(2)3/h5-12,23H,2,4,13-14H2,1,3H3,(H,22,26)(H,24,25). The molecule has 0 unspecified atom stereocenters. The van der Waals surface area contributed by atoms with Crippen LogP contribution in [0.25, 0.3) is 0 Å². The molecular weight excluding hydrogens is 342 g/mol. The van der Waals surface area contributed by atoms with Crippen molar-refractivity contribution in [2.45, 2.75) is 13.8 Å². The Balaban J connectivity index is 1.89. The first-order valence-corrected chi connectivity index (χ1v) is 8.77. The molecule has 2 aromatic carbocycles. The van der Waals surface area contributed by atoms with Crippen LogP contribution in [0.3, 0.4) is 0 Å². The molecule has 0 radical (unpaired) electrons. The summed E-state index contributed by atoms with van der Waals surface area (Å²) in [7, 11) is 0. The maximum absolute atomic E-state index is 12.2. The highest BCUT2D eigenvalue weighted by Gasteiger charge is 2.07. The summed E-state index contributed by atoms with van der Waals surface area (Å²) in [4.78, 5) is 24.0. The zero-order valence-corrected chi connectivity index (χ0v) is 15.7. The highest BCUT2D eigenvalue weighted by atomic mass is 16.5. The molecule has 27 heavy (non-hydrogen) atoms. The monoisotopic (exact) mass is 367 g/mol. The Bertz CT molecular complexity index is 818. The van der Waals surface area contributed by atoms with Gasteiger partial charge in [0.2, 0.25) is 5.91 Å². The highest BCUT2D eigenvalue weighted by molar-refractivity contribution is 5.98. The van der Waals surface area contributed by atoms with Gasteiger partial charge >= 0.3 is 0 Å². The molecule has 0 fully saturated rings. The van der Waals surface area contributed by atoms with E-state index in [0.29, 0.717) is 30.2 Å². The first-order valence-electron chi connectivity index (χ1n) is 8.77. The van der Waals surface area contributed by atoms with Crippen molar-refractivity contribution < 1.29 is 14.3 Å². The van der Waals surface area contributed by atoms with Gasteiger partial charge in [-0.05, 0) is 49.8 Å². The summed E-state index contributed by atoms with van der Waals surface area (Å²) in [6, 6.07) is 14.2. The first kappa shape index (κ1) is 20.0. The van der Waals surface area contributed by atoms with Gasteiger partial charge in [-0.1, -0.05) is 18.7 Å². The molecule has 6 nitrogen and oxygen atoms in total. The molecule has 0 atom stereocenters. The van der Waals surface area contributed by atoms with Crippen LogP contribution >= 0.6 is 0 Å². The van der Waals surface area contributed by atoms with Crippen molar-refractivity contribution in [3.8, 4) is 5.75 Å². The Morgan fingerprint density at radius 1 is 1.07 bits per heavy atom. The number of benzene rings is 2. The lowest BCUT2D eigenvalue weighted by Crippen LogP contribution is -2.24. The van der Waals surface area contributed by atoms with Gasteiger partial charge in [-0.3, -0.25) is 9.59 Å². The third kappa shape index (κ3) is 6.86. The van der Waals surface area contributed by atoms with Crippen molar-refractivity contribution >= 4 is 23.2 Å². The van der Waals surface area contributed by atoms with E-state index in [9.17, 15) is 9.59 Å². The van der Waals surface area contributed by atoms with Crippen LogP contribution in [0.2, 0.25) is 0 Å². The minimum absolute atomic E-state index is 0.0926. The first-order chi connectivity index (χ1) is 13.0. The molecule has 0 aromatic heterocycles. The van der Waals surface area contributed by atoms with Gasteiger partial charge in [0.1, 0.15) is 12.4 Å². The Morgan fingerprint density at radius 2 is 1.81 bits per heavy atom. The largest absolute Gasteiger partial charge is 0.489 e. The van der Waals surface area contributed by atoms with Crippen molar-refractivity contribution in [3.63, 3.8) is 0 Å². The van der Waals surface area contributed by atoms with E-state index in [1.807, 2.05) is 38.1 Å². The molecule has 0 saturated heterocycles. The Hall–Kier alpha value is -3.28. The molecule has 0 aliphatic rings. The normalized spacial score (nSPS) is 10.0. The minimum atomic E-state index is -0.212. The quantitative estimate of drug-likeness (QED) is 0.593. The molecule has 0 bridgehead atoms. The van der Waals surface area contributed by atoms with E-state index in [4.69, 9.17) is 4.74 Å². The maximum Gasteiger partial charge on any atom is 0.251 e. The second-order valence-electron chi connectivity index (χ2n) is 6.12. The van der Waals surface area contributed by atoms with Gasteiger partial charge in [0, 0.05) is 29.5 Å². The summed E-state index contributed by atoms with van der Waals surface area (Å²) in [5.41, 5.74) is 2.79. The average Bonchev–Trinajstić information content (AvgIpc) is 2.65. The van der Waals surface area contributed by atoms with Gasteiger partial charge in [0.15, 0.2) is 0 Å². The Labute approximate surface area is 159 Å². The minimum Gasteiger partial charge on any atom is -0.489 e. The lowest BCUT2D eigenvalue weighted by atomic mass is 10.2. The smallest absolute Gasteiger partial charge is 0.251 e. The number of ether oxygens (including phenoxy) is 1. The van der Waals surface area contributed by atoms with E-state index >= 15 is 0 Å². The third-order valence-electron chi connectivity index (χ3n) is 3.52. The predicted molar refractivity (Wildman–Crippen MR) is 108 cm³/mol. The van der Waals surface area contributed by atoms with E-state index in [2.05, 4.69) is 22.5 Å². The van der Waals surface area contributed by atoms with Gasteiger partial charge in [-0.2, -0.15) is 0 Å². The van der Waals surface area contributed by atoms with Crippen LogP contribution in [0.4, 0.5) is 11.4 Å². The molecule has 142 valence electrons. The number of rotatable bonds is 9. The van der Waals surface area contributed by atoms with E-state index in [1.165, 1.54) is 0 Å². The lowest BCUT2D eigenvalue weighted by molar-refractivity contribution is -0.114. The number of hydrogen-bond acceptors (Lipinski definition) is 4. The highest BCUT2D eigenvalue weighted by Crippen LogP contribution is 2.18. The molecule has 0 aliphatic carbocycles. The van der Waals surface area contributed by atoms with Crippen LogP contribution in [0, 0.1) is 0 Å². The topological polar surface area (TPSA) is 79.5 Å². The molecule has 6 heteroatoms. The number of anilines is 2. The van der Waals surface area contributed by atoms with Crippen LogP contribution in [-0.4, -0.2) is 31.5 Å². The van der Waals surface area contributed by atoms with Crippen LogP contribution in [0.1, 0.15) is 24.2 Å². The van der Waals surface area contributed by atoms with Gasteiger partial charge in [-0.25, -0.2) is 0 Å². The summed E-state index contributed by atoms with van der Waals surface area (Å²) < 4.78 is 5.59. The van der Waals surface area contributed by atoms with E-state index in [1.54, 1.807) is 24.3 Å². The molecular formula is C21H25N3O3. The van der Waals surface area contributed by atoms with Gasteiger partial charge in [-0.15, -0.1) is 0 Å². The Morgan fingerprint density at radius 3 is 2.56 bits per heavy atom. The summed E-state index contributed by atoms with van der Waals surface area (Å²) in [5, 5.41) is 8.57. The summed E-state index contributed by atoms with van der Waals surface area (Å²) in [6.07, 6.45) is 0. The second-order valence-corrected chi connectivity index (χ2v) is 6.12. The van der Waals surface area contributed by atoms with Crippen molar-refractivity contribution in [2.24, 2.45) is 0 Å². The van der Waals surface area contributed by atoms with Gasteiger partial charge in [0.25, 0.3) is 5.91 Å². The van der Waals surface area contributed by atoms with Crippen molar-refractivity contribution in [2.75, 3.05) is 30.3 Å². The fourth-order valence-electron chi connectivity index (χ4n) is 2.29.